The first-order chi connectivity index (χ1) is 14.1. The minimum atomic E-state index is -0.349. The third-order valence-corrected chi connectivity index (χ3v) is 4.63. The summed E-state index contributed by atoms with van der Waals surface area (Å²) in [4.78, 5) is 11.5. The summed E-state index contributed by atoms with van der Waals surface area (Å²) >= 11 is 0. The van der Waals surface area contributed by atoms with Gasteiger partial charge in [0.25, 0.3) is 0 Å². The van der Waals surface area contributed by atoms with E-state index in [1.165, 1.54) is 7.11 Å². The number of benzene rings is 2. The molecule has 0 aliphatic carbocycles. The fourth-order valence-electron chi connectivity index (χ4n) is 2.98. The number of carbonyl (C=O) groups is 1. The van der Waals surface area contributed by atoms with Crippen molar-refractivity contribution in [2.24, 2.45) is 0 Å². The van der Waals surface area contributed by atoms with Crippen LogP contribution >= 0.6 is 0 Å². The molecular weight excluding hydrogens is 372 g/mol. The Labute approximate surface area is 169 Å². The van der Waals surface area contributed by atoms with Gasteiger partial charge in [0, 0.05) is 5.56 Å². The topological polar surface area (TPSA) is 82.8 Å². The molecule has 29 heavy (non-hydrogen) atoms. The van der Waals surface area contributed by atoms with Crippen LogP contribution < -0.4 is 14.8 Å². The molecule has 0 fully saturated rings. The third kappa shape index (κ3) is 4.57. The Hall–Kier alpha value is -3.32. The number of hydrogen-bond donors (Lipinski definition) is 1. The Morgan fingerprint density at radius 2 is 1.52 bits per heavy atom. The average Bonchev–Trinajstić information content (AvgIpc) is 3.22. The van der Waals surface area contributed by atoms with Gasteiger partial charge in [0.1, 0.15) is 17.2 Å². The van der Waals surface area contributed by atoms with Gasteiger partial charge in [0.2, 0.25) is 0 Å². The molecule has 1 heterocycles. The van der Waals surface area contributed by atoms with Gasteiger partial charge in [-0.3, -0.25) is 10.1 Å². The minimum Gasteiger partial charge on any atom is -0.497 e. The van der Waals surface area contributed by atoms with Crippen LogP contribution in [0, 0.1) is 0 Å². The molecule has 0 aliphatic rings. The van der Waals surface area contributed by atoms with E-state index in [4.69, 9.17) is 18.7 Å². The predicted molar refractivity (Wildman–Crippen MR) is 109 cm³/mol. The van der Waals surface area contributed by atoms with Crippen molar-refractivity contribution < 1.29 is 23.5 Å². The molecule has 1 N–H and O–H groups in total. The van der Waals surface area contributed by atoms with E-state index in [0.29, 0.717) is 11.5 Å². The van der Waals surface area contributed by atoms with Crippen molar-refractivity contribution in [3.05, 3.63) is 54.3 Å². The largest absolute Gasteiger partial charge is 0.497 e. The lowest BCUT2D eigenvalue weighted by molar-refractivity contribution is -0.139. The van der Waals surface area contributed by atoms with E-state index >= 15 is 0 Å². The zero-order valence-electron chi connectivity index (χ0n) is 16.9. The van der Waals surface area contributed by atoms with Crippen LogP contribution in [0.3, 0.4) is 0 Å². The molecule has 3 rings (SSSR count). The number of esters is 1. The molecule has 152 valence electrons. The first kappa shape index (κ1) is 20.4. The number of ether oxygens (including phenoxy) is 3. The van der Waals surface area contributed by atoms with Crippen LogP contribution in [-0.2, 0) is 9.53 Å². The maximum absolute atomic E-state index is 11.5. The number of nitrogens with zero attached hydrogens (tertiary/aromatic N) is 1. The molecule has 7 heteroatoms. The first-order valence-electron chi connectivity index (χ1n) is 9.16. The summed E-state index contributed by atoms with van der Waals surface area (Å²) < 4.78 is 20.9. The highest BCUT2D eigenvalue weighted by Gasteiger charge is 2.24. The molecule has 3 aromatic rings. The summed E-state index contributed by atoms with van der Waals surface area (Å²) in [6, 6.07) is 15.0. The highest BCUT2D eigenvalue weighted by Crippen LogP contribution is 2.38. The Balaban J connectivity index is 2.03. The molecule has 0 saturated heterocycles. The van der Waals surface area contributed by atoms with E-state index < -0.39 is 0 Å². The molecule has 0 saturated carbocycles. The fourth-order valence-corrected chi connectivity index (χ4v) is 2.98. The zero-order valence-corrected chi connectivity index (χ0v) is 16.9. The van der Waals surface area contributed by atoms with Crippen LogP contribution in [0.4, 0.5) is 0 Å². The van der Waals surface area contributed by atoms with E-state index in [9.17, 15) is 4.79 Å². The molecule has 0 aliphatic heterocycles. The van der Waals surface area contributed by atoms with Crippen LogP contribution in [0.2, 0.25) is 0 Å². The summed E-state index contributed by atoms with van der Waals surface area (Å²) in [5.74, 6) is 1.80. The van der Waals surface area contributed by atoms with E-state index in [1.54, 1.807) is 14.2 Å². The second-order valence-corrected chi connectivity index (χ2v) is 6.41. The van der Waals surface area contributed by atoms with Gasteiger partial charge >= 0.3 is 5.97 Å². The number of aromatic nitrogens is 1. The lowest BCUT2D eigenvalue weighted by Crippen LogP contribution is -2.26. The second kappa shape index (κ2) is 9.25. The molecule has 0 amide bonds. The van der Waals surface area contributed by atoms with Gasteiger partial charge in [0.15, 0.2) is 5.76 Å². The fraction of sp³-hybridized carbons (Fsp3) is 0.273. The summed E-state index contributed by atoms with van der Waals surface area (Å²) in [7, 11) is 4.61. The standard InChI is InChI=1S/C22H24N2O5/c1-14(23-13-19(25)28-4)22-20(15-5-9-17(26-2)10-6-15)21(24-29-22)16-7-11-18(27-3)12-8-16/h5-12,14,23H,13H2,1-4H3. The molecule has 0 bridgehead atoms. The van der Waals surface area contributed by atoms with E-state index in [-0.39, 0.29) is 18.6 Å². The van der Waals surface area contributed by atoms with Crippen LogP contribution in [0.5, 0.6) is 11.5 Å². The Kier molecular flexibility index (Phi) is 6.51. The van der Waals surface area contributed by atoms with Crippen LogP contribution in [0.25, 0.3) is 22.4 Å². The number of hydrogen-bond acceptors (Lipinski definition) is 7. The van der Waals surface area contributed by atoms with Crippen LogP contribution in [0.15, 0.2) is 53.1 Å². The number of methoxy groups -OCH3 is 3. The molecule has 1 atom stereocenters. The third-order valence-electron chi connectivity index (χ3n) is 4.63. The van der Waals surface area contributed by atoms with Crippen molar-refractivity contribution in [3.63, 3.8) is 0 Å². The Bertz CT molecular complexity index is 948. The van der Waals surface area contributed by atoms with Gasteiger partial charge in [-0.05, 0) is 48.9 Å². The van der Waals surface area contributed by atoms with E-state index in [2.05, 4.69) is 10.5 Å². The Morgan fingerprint density at radius 1 is 0.966 bits per heavy atom. The zero-order chi connectivity index (χ0) is 20.8. The predicted octanol–water partition coefficient (Wildman–Crippen LogP) is 3.85. The molecule has 0 radical (unpaired) electrons. The number of nitrogens with one attached hydrogen (secondary N) is 1. The van der Waals surface area contributed by atoms with E-state index in [0.717, 1.165) is 28.2 Å². The molecule has 2 aromatic carbocycles. The van der Waals surface area contributed by atoms with Crippen molar-refractivity contribution >= 4 is 5.97 Å². The average molecular weight is 396 g/mol. The smallest absolute Gasteiger partial charge is 0.319 e. The van der Waals surface area contributed by atoms with Crippen molar-refractivity contribution in [1.82, 2.24) is 10.5 Å². The summed E-state index contributed by atoms with van der Waals surface area (Å²) in [6.07, 6.45) is 0. The number of rotatable bonds is 8. The van der Waals surface area contributed by atoms with Gasteiger partial charge in [-0.15, -0.1) is 0 Å². The van der Waals surface area contributed by atoms with Gasteiger partial charge in [-0.1, -0.05) is 17.3 Å². The highest BCUT2D eigenvalue weighted by atomic mass is 16.5. The van der Waals surface area contributed by atoms with Gasteiger partial charge in [0.05, 0.1) is 39.5 Å². The Morgan fingerprint density at radius 3 is 2.03 bits per heavy atom. The van der Waals surface area contributed by atoms with Crippen molar-refractivity contribution in [2.75, 3.05) is 27.9 Å². The second-order valence-electron chi connectivity index (χ2n) is 6.41. The normalized spacial score (nSPS) is 11.7. The lowest BCUT2D eigenvalue weighted by atomic mass is 9.97. The van der Waals surface area contributed by atoms with Crippen LogP contribution in [-0.4, -0.2) is 39.0 Å². The molecule has 0 spiro atoms. The maximum Gasteiger partial charge on any atom is 0.319 e. The van der Waals surface area contributed by atoms with Crippen molar-refractivity contribution in [3.8, 4) is 33.9 Å². The highest BCUT2D eigenvalue weighted by molar-refractivity contribution is 5.82. The van der Waals surface area contributed by atoms with Gasteiger partial charge in [-0.25, -0.2) is 0 Å². The van der Waals surface area contributed by atoms with Crippen molar-refractivity contribution in [1.29, 1.82) is 0 Å². The quantitative estimate of drug-likeness (QED) is 0.579. The van der Waals surface area contributed by atoms with Crippen molar-refractivity contribution in [2.45, 2.75) is 13.0 Å². The van der Waals surface area contributed by atoms with Crippen LogP contribution in [0.1, 0.15) is 18.7 Å². The summed E-state index contributed by atoms with van der Waals surface area (Å²) in [5.41, 5.74) is 3.38. The molecule has 7 nitrogen and oxygen atoms in total. The summed E-state index contributed by atoms with van der Waals surface area (Å²) in [6.45, 7) is 1.98. The lowest BCUT2D eigenvalue weighted by Gasteiger charge is -2.13. The van der Waals surface area contributed by atoms with Gasteiger partial charge in [-0.2, -0.15) is 0 Å². The minimum absolute atomic E-state index is 0.0677. The molecular formula is C22H24N2O5. The summed E-state index contributed by atoms with van der Waals surface area (Å²) in [5, 5.41) is 7.44. The molecule has 1 aromatic heterocycles. The monoisotopic (exact) mass is 396 g/mol. The molecule has 1 unspecified atom stereocenters. The SMILES string of the molecule is COC(=O)CNC(C)c1onc(-c2ccc(OC)cc2)c1-c1ccc(OC)cc1. The number of carbonyl (C=O) groups excluding carboxylic acids is 1. The van der Waals surface area contributed by atoms with E-state index in [1.807, 2.05) is 55.5 Å². The maximum atomic E-state index is 11.5. The first-order valence-corrected chi connectivity index (χ1v) is 9.16. The van der Waals surface area contributed by atoms with Gasteiger partial charge < -0.3 is 18.7 Å².